The van der Waals surface area contributed by atoms with Crippen molar-refractivity contribution in [3.05, 3.63) is 41.9 Å². The average molecular weight is 283 g/mol. The van der Waals surface area contributed by atoms with Crippen molar-refractivity contribution in [3.63, 3.8) is 0 Å². The van der Waals surface area contributed by atoms with E-state index in [1.54, 1.807) is 6.07 Å². The summed E-state index contributed by atoms with van der Waals surface area (Å²) < 4.78 is 1.96. The number of carbonyl (C=O) groups excluding carboxylic acids is 1. The lowest BCUT2D eigenvalue weighted by atomic mass is 10.2. The van der Waals surface area contributed by atoms with Crippen LogP contribution >= 0.6 is 0 Å². The van der Waals surface area contributed by atoms with Crippen LogP contribution in [0.25, 0.3) is 10.9 Å². The largest absolute Gasteiger partial charge is 0.341 e. The maximum atomic E-state index is 12.5. The van der Waals surface area contributed by atoms with Crippen molar-refractivity contribution in [3.8, 4) is 0 Å². The molecule has 2 heterocycles. The number of nitrogens with one attached hydrogen (secondary N) is 1. The van der Waals surface area contributed by atoms with Crippen molar-refractivity contribution < 1.29 is 4.79 Å². The molecule has 1 saturated heterocycles. The van der Waals surface area contributed by atoms with Crippen molar-refractivity contribution in [2.24, 2.45) is 0 Å². The Labute approximate surface area is 124 Å². The third-order valence-corrected chi connectivity index (χ3v) is 4.19. The van der Waals surface area contributed by atoms with E-state index in [-0.39, 0.29) is 5.91 Å². The molecule has 1 aromatic carbocycles. The summed E-state index contributed by atoms with van der Waals surface area (Å²) in [6, 6.07) is 9.56. The molecular formula is C17H21N3O. The molecule has 110 valence electrons. The monoisotopic (exact) mass is 283 g/mol. The molecule has 0 bridgehead atoms. The Bertz CT molecular complexity index is 696. The number of carbonyl (C=O) groups is 1. The lowest BCUT2D eigenvalue weighted by Gasteiger charge is -2.21. The first kappa shape index (κ1) is 13.9. The fourth-order valence-corrected chi connectivity index (χ4v) is 2.99. The maximum Gasteiger partial charge on any atom is 0.242 e. The number of nitrogens with zero attached hydrogens (tertiary/aromatic N) is 2. The Morgan fingerprint density at radius 1 is 1.05 bits per heavy atom. The molecule has 1 aromatic heterocycles. The van der Waals surface area contributed by atoms with Crippen LogP contribution in [-0.2, 0) is 11.3 Å². The highest BCUT2D eigenvalue weighted by Crippen LogP contribution is 2.13. The van der Waals surface area contributed by atoms with Crippen LogP contribution in [-0.4, -0.2) is 28.5 Å². The number of rotatable bonds is 2. The summed E-state index contributed by atoms with van der Waals surface area (Å²) in [5.41, 5.74) is 0.952. The minimum absolute atomic E-state index is 0.185. The standard InChI is InChI=1S/C17H21N3O/c18-15-9-12-20(16-8-4-3-7-14(15)16)13-17(21)19-10-5-1-2-6-11-19/h3-4,7-9,12,18H,1-2,5-6,10-11,13H2. The highest BCUT2D eigenvalue weighted by Gasteiger charge is 2.16. The normalized spacial score (nSPS) is 15.9. The van der Waals surface area contributed by atoms with E-state index in [1.807, 2.05) is 39.9 Å². The quantitative estimate of drug-likeness (QED) is 0.904. The summed E-state index contributed by atoms with van der Waals surface area (Å²) in [4.78, 5) is 14.5. The van der Waals surface area contributed by atoms with Gasteiger partial charge >= 0.3 is 0 Å². The van der Waals surface area contributed by atoms with E-state index in [9.17, 15) is 4.79 Å². The number of likely N-dealkylation sites (tertiary alicyclic amines) is 1. The van der Waals surface area contributed by atoms with Crippen molar-refractivity contribution in [1.29, 1.82) is 5.41 Å². The Hall–Kier alpha value is -2.10. The van der Waals surface area contributed by atoms with Gasteiger partial charge in [0.2, 0.25) is 5.91 Å². The zero-order valence-electron chi connectivity index (χ0n) is 12.2. The number of amides is 1. The predicted octanol–water partition coefficient (Wildman–Crippen LogP) is 2.52. The maximum absolute atomic E-state index is 12.5. The summed E-state index contributed by atoms with van der Waals surface area (Å²) in [5.74, 6) is 0.185. The predicted molar refractivity (Wildman–Crippen MR) is 82.8 cm³/mol. The van der Waals surface area contributed by atoms with Crippen LogP contribution in [0.15, 0.2) is 36.5 Å². The molecule has 1 aliphatic heterocycles. The van der Waals surface area contributed by atoms with Gasteiger partial charge in [-0.1, -0.05) is 31.0 Å². The van der Waals surface area contributed by atoms with Gasteiger partial charge in [-0.05, 0) is 25.0 Å². The fourth-order valence-electron chi connectivity index (χ4n) is 2.99. The molecule has 1 amide bonds. The van der Waals surface area contributed by atoms with E-state index in [0.717, 1.165) is 36.8 Å². The van der Waals surface area contributed by atoms with Crippen LogP contribution in [0.1, 0.15) is 25.7 Å². The minimum atomic E-state index is 0.185. The van der Waals surface area contributed by atoms with E-state index in [1.165, 1.54) is 12.8 Å². The van der Waals surface area contributed by atoms with Gasteiger partial charge in [-0.3, -0.25) is 4.79 Å². The number of hydrogen-bond donors (Lipinski definition) is 1. The zero-order chi connectivity index (χ0) is 14.7. The molecule has 0 aliphatic carbocycles. The van der Waals surface area contributed by atoms with Gasteiger partial charge in [-0.15, -0.1) is 0 Å². The Morgan fingerprint density at radius 3 is 2.52 bits per heavy atom. The summed E-state index contributed by atoms with van der Waals surface area (Å²) in [5, 5.41) is 9.35. The third-order valence-electron chi connectivity index (χ3n) is 4.19. The molecule has 3 rings (SSSR count). The van der Waals surface area contributed by atoms with Gasteiger partial charge in [0, 0.05) is 24.7 Å². The Balaban J connectivity index is 1.86. The number of para-hydroxylation sites is 1. The third kappa shape index (κ3) is 2.99. The van der Waals surface area contributed by atoms with Gasteiger partial charge in [0.1, 0.15) is 6.54 Å². The second kappa shape index (κ2) is 6.12. The number of benzene rings is 1. The summed E-state index contributed by atoms with van der Waals surface area (Å²) in [7, 11) is 0. The number of pyridine rings is 1. The molecule has 0 radical (unpaired) electrons. The smallest absolute Gasteiger partial charge is 0.242 e. The topological polar surface area (TPSA) is 49.1 Å². The molecule has 2 aromatic rings. The van der Waals surface area contributed by atoms with Gasteiger partial charge < -0.3 is 14.9 Å². The molecule has 21 heavy (non-hydrogen) atoms. The van der Waals surface area contributed by atoms with Crippen LogP contribution in [0.4, 0.5) is 0 Å². The Kier molecular flexibility index (Phi) is 4.04. The molecule has 1 fully saturated rings. The van der Waals surface area contributed by atoms with Crippen molar-refractivity contribution in [2.45, 2.75) is 32.2 Å². The molecular weight excluding hydrogens is 262 g/mol. The van der Waals surface area contributed by atoms with E-state index >= 15 is 0 Å². The zero-order valence-corrected chi connectivity index (χ0v) is 12.2. The number of aromatic nitrogens is 1. The second-order valence-electron chi connectivity index (χ2n) is 5.67. The van der Waals surface area contributed by atoms with E-state index in [0.29, 0.717) is 11.9 Å². The van der Waals surface area contributed by atoms with Gasteiger partial charge in [-0.25, -0.2) is 0 Å². The average Bonchev–Trinajstić information content (AvgIpc) is 2.79. The van der Waals surface area contributed by atoms with E-state index in [4.69, 9.17) is 5.41 Å². The highest BCUT2D eigenvalue weighted by atomic mass is 16.2. The van der Waals surface area contributed by atoms with Crippen LogP contribution in [0, 0.1) is 5.41 Å². The molecule has 0 atom stereocenters. The first-order chi connectivity index (χ1) is 10.3. The summed E-state index contributed by atoms with van der Waals surface area (Å²) in [6.45, 7) is 2.13. The number of fused-ring (bicyclic) bond motifs is 1. The van der Waals surface area contributed by atoms with E-state index in [2.05, 4.69) is 0 Å². The first-order valence-corrected chi connectivity index (χ1v) is 7.66. The minimum Gasteiger partial charge on any atom is -0.341 e. The van der Waals surface area contributed by atoms with Crippen molar-refractivity contribution in [2.75, 3.05) is 13.1 Å². The van der Waals surface area contributed by atoms with Gasteiger partial charge in [0.05, 0.1) is 10.9 Å². The van der Waals surface area contributed by atoms with Gasteiger partial charge in [0.25, 0.3) is 0 Å². The Morgan fingerprint density at radius 2 is 1.76 bits per heavy atom. The first-order valence-electron chi connectivity index (χ1n) is 7.66. The van der Waals surface area contributed by atoms with Gasteiger partial charge in [0.15, 0.2) is 0 Å². The van der Waals surface area contributed by atoms with Crippen molar-refractivity contribution >= 4 is 16.8 Å². The second-order valence-corrected chi connectivity index (χ2v) is 5.67. The number of hydrogen-bond acceptors (Lipinski definition) is 2. The van der Waals surface area contributed by atoms with Crippen LogP contribution in [0.3, 0.4) is 0 Å². The lowest BCUT2D eigenvalue weighted by molar-refractivity contribution is -0.131. The van der Waals surface area contributed by atoms with Crippen LogP contribution in [0.2, 0.25) is 0 Å². The highest BCUT2D eigenvalue weighted by molar-refractivity contribution is 5.82. The van der Waals surface area contributed by atoms with Crippen LogP contribution < -0.4 is 5.36 Å². The lowest BCUT2D eigenvalue weighted by Crippen LogP contribution is -2.34. The summed E-state index contributed by atoms with van der Waals surface area (Å²) in [6.07, 6.45) is 6.53. The molecule has 1 N–H and O–H groups in total. The van der Waals surface area contributed by atoms with Crippen molar-refractivity contribution in [1.82, 2.24) is 9.47 Å². The van der Waals surface area contributed by atoms with E-state index < -0.39 is 0 Å². The summed E-state index contributed by atoms with van der Waals surface area (Å²) >= 11 is 0. The molecule has 0 spiro atoms. The van der Waals surface area contributed by atoms with Gasteiger partial charge in [-0.2, -0.15) is 0 Å². The molecule has 0 unspecified atom stereocenters. The van der Waals surface area contributed by atoms with Crippen LogP contribution in [0.5, 0.6) is 0 Å². The molecule has 4 heteroatoms. The fraction of sp³-hybridized carbons (Fsp3) is 0.412. The molecule has 0 saturated carbocycles. The SMILES string of the molecule is N=c1ccn(CC(=O)N2CCCCCC2)c2ccccc12. The molecule has 1 aliphatic rings. The molecule has 4 nitrogen and oxygen atoms in total.